The van der Waals surface area contributed by atoms with Gasteiger partial charge >= 0.3 is 6.09 Å². The fourth-order valence-electron chi connectivity index (χ4n) is 1.26. The van der Waals surface area contributed by atoms with Gasteiger partial charge in [0.1, 0.15) is 5.75 Å². The van der Waals surface area contributed by atoms with Gasteiger partial charge in [-0.15, -0.1) is 0 Å². The lowest BCUT2D eigenvalue weighted by atomic mass is 9.87. The summed E-state index contributed by atoms with van der Waals surface area (Å²) in [4.78, 5) is 11.0. The molecule has 0 aliphatic rings. The molecule has 1 amide bonds. The first-order valence-corrected chi connectivity index (χ1v) is 5.03. The maximum atomic E-state index is 11.0. The number of nitrogens with one attached hydrogen (secondary N) is 1. The standard InChI is InChI=1S/C12H17NO3/c1-12(2,3)8-5-6-9(10(14)7-8)13-11(15)16-4/h5-7,14H,1-4H3,(H,13,15). The SMILES string of the molecule is COC(=O)Nc1ccc(C(C)(C)C)cc1O. The van der Waals surface area contributed by atoms with Gasteiger partial charge in [-0.05, 0) is 23.1 Å². The van der Waals surface area contributed by atoms with Crippen molar-refractivity contribution in [3.63, 3.8) is 0 Å². The molecule has 0 aliphatic heterocycles. The molecule has 1 aromatic rings. The minimum absolute atomic E-state index is 0.0397. The van der Waals surface area contributed by atoms with E-state index in [4.69, 9.17) is 0 Å². The smallest absolute Gasteiger partial charge is 0.411 e. The Morgan fingerprint density at radius 1 is 1.38 bits per heavy atom. The van der Waals surface area contributed by atoms with E-state index in [-0.39, 0.29) is 11.2 Å². The van der Waals surface area contributed by atoms with E-state index in [0.717, 1.165) is 5.56 Å². The summed E-state index contributed by atoms with van der Waals surface area (Å²) >= 11 is 0. The van der Waals surface area contributed by atoms with Crippen molar-refractivity contribution in [2.24, 2.45) is 0 Å². The van der Waals surface area contributed by atoms with Crippen LogP contribution in [-0.4, -0.2) is 18.3 Å². The lowest BCUT2D eigenvalue weighted by Crippen LogP contribution is -2.13. The number of rotatable bonds is 1. The van der Waals surface area contributed by atoms with Crippen molar-refractivity contribution in [3.8, 4) is 5.75 Å². The molecule has 1 rings (SSSR count). The molecule has 1 aromatic carbocycles. The minimum atomic E-state index is -0.598. The molecule has 0 atom stereocenters. The number of methoxy groups -OCH3 is 1. The van der Waals surface area contributed by atoms with Crippen molar-refractivity contribution in [1.82, 2.24) is 0 Å². The normalized spacial score (nSPS) is 11.0. The van der Waals surface area contributed by atoms with Crippen LogP contribution in [-0.2, 0) is 10.2 Å². The summed E-state index contributed by atoms with van der Waals surface area (Å²) in [6.45, 7) is 6.15. The quantitative estimate of drug-likeness (QED) is 0.720. The molecule has 0 heterocycles. The molecule has 0 fully saturated rings. The van der Waals surface area contributed by atoms with Crippen LogP contribution in [0.15, 0.2) is 18.2 Å². The van der Waals surface area contributed by atoms with Crippen LogP contribution in [0.2, 0.25) is 0 Å². The van der Waals surface area contributed by atoms with Gasteiger partial charge in [-0.25, -0.2) is 4.79 Å². The first kappa shape index (κ1) is 12.4. The van der Waals surface area contributed by atoms with E-state index >= 15 is 0 Å². The third kappa shape index (κ3) is 2.89. The molecular weight excluding hydrogens is 206 g/mol. The molecule has 0 saturated carbocycles. The first-order chi connectivity index (χ1) is 7.34. The molecule has 0 spiro atoms. The number of phenolic OH excluding ortho intramolecular Hbond substituents is 1. The van der Waals surface area contributed by atoms with Gasteiger partial charge in [0.2, 0.25) is 0 Å². The fraction of sp³-hybridized carbons (Fsp3) is 0.417. The predicted molar refractivity (Wildman–Crippen MR) is 62.8 cm³/mol. The van der Waals surface area contributed by atoms with Gasteiger partial charge in [0.25, 0.3) is 0 Å². The van der Waals surface area contributed by atoms with Gasteiger partial charge in [-0.2, -0.15) is 0 Å². The van der Waals surface area contributed by atoms with E-state index in [1.807, 2.05) is 6.07 Å². The van der Waals surface area contributed by atoms with E-state index in [9.17, 15) is 9.90 Å². The second-order valence-corrected chi connectivity index (χ2v) is 4.60. The highest BCUT2D eigenvalue weighted by molar-refractivity contribution is 5.86. The molecule has 16 heavy (non-hydrogen) atoms. The highest BCUT2D eigenvalue weighted by Crippen LogP contribution is 2.30. The Balaban J connectivity index is 2.96. The summed E-state index contributed by atoms with van der Waals surface area (Å²) in [6.07, 6.45) is -0.598. The number of hydrogen-bond donors (Lipinski definition) is 2. The second kappa shape index (κ2) is 4.43. The lowest BCUT2D eigenvalue weighted by Gasteiger charge is -2.19. The van der Waals surface area contributed by atoms with Gasteiger partial charge < -0.3 is 9.84 Å². The lowest BCUT2D eigenvalue weighted by molar-refractivity contribution is 0.187. The van der Waals surface area contributed by atoms with Crippen LogP contribution in [0, 0.1) is 0 Å². The average Bonchev–Trinajstić information content (AvgIpc) is 2.19. The van der Waals surface area contributed by atoms with Gasteiger partial charge in [-0.3, -0.25) is 5.32 Å². The number of carbonyl (C=O) groups is 1. The maximum Gasteiger partial charge on any atom is 0.411 e. The number of aromatic hydroxyl groups is 1. The molecular formula is C12H17NO3. The molecule has 2 N–H and O–H groups in total. The van der Waals surface area contributed by atoms with E-state index in [2.05, 4.69) is 30.8 Å². The Labute approximate surface area is 95.2 Å². The Morgan fingerprint density at radius 2 is 2.00 bits per heavy atom. The predicted octanol–water partition coefficient (Wildman–Crippen LogP) is 2.87. The summed E-state index contributed by atoms with van der Waals surface area (Å²) in [7, 11) is 1.27. The molecule has 4 heteroatoms. The highest BCUT2D eigenvalue weighted by atomic mass is 16.5. The third-order valence-electron chi connectivity index (χ3n) is 2.29. The Morgan fingerprint density at radius 3 is 2.44 bits per heavy atom. The molecule has 0 unspecified atom stereocenters. The van der Waals surface area contributed by atoms with Crippen molar-refractivity contribution < 1.29 is 14.6 Å². The van der Waals surface area contributed by atoms with Crippen LogP contribution in [0.1, 0.15) is 26.3 Å². The van der Waals surface area contributed by atoms with E-state index in [0.29, 0.717) is 5.69 Å². The number of anilines is 1. The van der Waals surface area contributed by atoms with Gasteiger partial charge in [0, 0.05) is 0 Å². The van der Waals surface area contributed by atoms with E-state index in [1.165, 1.54) is 7.11 Å². The summed E-state index contributed by atoms with van der Waals surface area (Å²) in [5, 5.41) is 12.2. The first-order valence-electron chi connectivity index (χ1n) is 5.03. The topological polar surface area (TPSA) is 58.6 Å². The molecule has 0 aliphatic carbocycles. The van der Waals surface area contributed by atoms with Gasteiger partial charge in [-0.1, -0.05) is 26.8 Å². The Hall–Kier alpha value is -1.71. The zero-order valence-corrected chi connectivity index (χ0v) is 10.00. The third-order valence-corrected chi connectivity index (χ3v) is 2.29. The average molecular weight is 223 g/mol. The number of hydrogen-bond acceptors (Lipinski definition) is 3. The van der Waals surface area contributed by atoms with Crippen LogP contribution < -0.4 is 5.32 Å². The number of amides is 1. The molecule has 88 valence electrons. The Bertz CT molecular complexity index is 394. The number of carbonyl (C=O) groups excluding carboxylic acids is 1. The fourth-order valence-corrected chi connectivity index (χ4v) is 1.26. The molecule has 0 saturated heterocycles. The van der Waals surface area contributed by atoms with Crippen molar-refractivity contribution in [1.29, 1.82) is 0 Å². The van der Waals surface area contributed by atoms with Crippen LogP contribution in [0.5, 0.6) is 5.75 Å². The van der Waals surface area contributed by atoms with E-state index < -0.39 is 6.09 Å². The molecule has 0 radical (unpaired) electrons. The van der Waals surface area contributed by atoms with Crippen LogP contribution >= 0.6 is 0 Å². The van der Waals surface area contributed by atoms with Gasteiger partial charge in [0.15, 0.2) is 0 Å². The van der Waals surface area contributed by atoms with Crippen molar-refractivity contribution in [2.75, 3.05) is 12.4 Å². The van der Waals surface area contributed by atoms with E-state index in [1.54, 1.807) is 12.1 Å². The highest BCUT2D eigenvalue weighted by Gasteiger charge is 2.15. The zero-order valence-electron chi connectivity index (χ0n) is 10.00. The van der Waals surface area contributed by atoms with Gasteiger partial charge in [0.05, 0.1) is 12.8 Å². The van der Waals surface area contributed by atoms with Crippen molar-refractivity contribution >= 4 is 11.8 Å². The zero-order chi connectivity index (χ0) is 12.3. The van der Waals surface area contributed by atoms with Crippen LogP contribution in [0.25, 0.3) is 0 Å². The summed E-state index contributed by atoms with van der Waals surface area (Å²) in [6, 6.07) is 5.17. The Kier molecular flexibility index (Phi) is 3.42. The van der Waals surface area contributed by atoms with Crippen molar-refractivity contribution in [3.05, 3.63) is 23.8 Å². The largest absolute Gasteiger partial charge is 0.506 e. The molecule has 0 bridgehead atoms. The summed E-state index contributed by atoms with van der Waals surface area (Å²) < 4.78 is 4.45. The summed E-state index contributed by atoms with van der Waals surface area (Å²) in [5.41, 5.74) is 1.31. The van der Waals surface area contributed by atoms with Crippen LogP contribution in [0.3, 0.4) is 0 Å². The monoisotopic (exact) mass is 223 g/mol. The second-order valence-electron chi connectivity index (χ2n) is 4.60. The summed E-state index contributed by atoms with van der Waals surface area (Å²) in [5.74, 6) is 0.0397. The minimum Gasteiger partial charge on any atom is -0.506 e. The molecule has 4 nitrogen and oxygen atoms in total. The maximum absolute atomic E-state index is 11.0. The van der Waals surface area contributed by atoms with Crippen molar-refractivity contribution in [2.45, 2.75) is 26.2 Å². The number of ether oxygens (including phenoxy) is 1. The number of phenols is 1. The van der Waals surface area contributed by atoms with Crippen LogP contribution in [0.4, 0.5) is 10.5 Å². The number of benzene rings is 1. The molecule has 0 aromatic heterocycles.